The molecule has 0 fully saturated rings. The van der Waals surface area contributed by atoms with E-state index in [1.165, 1.54) is 11.3 Å². The number of carboxylic acids is 1. The fourth-order valence-corrected chi connectivity index (χ4v) is 7.11. The largest absolute Gasteiger partial charge is 0.479 e. The van der Waals surface area contributed by atoms with Crippen molar-refractivity contribution >= 4 is 44.9 Å². The summed E-state index contributed by atoms with van der Waals surface area (Å²) < 4.78 is 9.03. The molecule has 1 N–H and O–H groups in total. The van der Waals surface area contributed by atoms with E-state index in [1.54, 1.807) is 11.3 Å². The molecule has 5 aromatic rings. The number of pyridine rings is 1. The first-order valence-corrected chi connectivity index (χ1v) is 15.4. The second kappa shape index (κ2) is 11.0. The first-order chi connectivity index (χ1) is 20.4. The number of hydrogen-bond donors (Lipinski definition) is 1. The van der Waals surface area contributed by atoms with Gasteiger partial charge in [0.2, 0.25) is 0 Å². The number of halogens is 1. The normalized spacial score (nSPS) is 14.3. The Bertz CT molecular complexity index is 1860. The summed E-state index contributed by atoms with van der Waals surface area (Å²) in [5.41, 5.74) is 7.79. The van der Waals surface area contributed by atoms with Gasteiger partial charge in [0.15, 0.2) is 6.10 Å². The summed E-state index contributed by atoms with van der Waals surface area (Å²) in [5.74, 6) is -0.144. The predicted octanol–water partition coefficient (Wildman–Crippen LogP) is 7.53. The second-order valence-electron chi connectivity index (χ2n) is 12.0. The maximum Gasteiger partial charge on any atom is 0.337 e. The van der Waals surface area contributed by atoms with Crippen molar-refractivity contribution in [3.8, 4) is 21.7 Å². The number of aryl methyl sites for hydroxylation is 3. The van der Waals surface area contributed by atoms with Crippen molar-refractivity contribution in [3.63, 3.8) is 0 Å². The number of nitrogens with zero attached hydrogens (tertiary/aromatic N) is 5. The molecule has 0 saturated heterocycles. The molecule has 0 spiro atoms. The zero-order chi connectivity index (χ0) is 30.6. The van der Waals surface area contributed by atoms with Crippen LogP contribution in [0.3, 0.4) is 0 Å². The van der Waals surface area contributed by atoms with Crippen molar-refractivity contribution in [2.75, 3.05) is 11.4 Å². The smallest absolute Gasteiger partial charge is 0.337 e. The van der Waals surface area contributed by atoms with Gasteiger partial charge in [0.05, 0.1) is 21.5 Å². The fraction of sp³-hybridized carbons (Fsp3) is 0.333. The molecule has 1 atom stereocenters. The molecule has 2 aromatic carbocycles. The third kappa shape index (κ3) is 5.64. The first kappa shape index (κ1) is 29.3. The van der Waals surface area contributed by atoms with Crippen LogP contribution in [0.2, 0.25) is 5.02 Å². The van der Waals surface area contributed by atoms with Gasteiger partial charge in [-0.25, -0.2) is 14.8 Å². The van der Waals surface area contributed by atoms with Crippen LogP contribution >= 0.6 is 22.9 Å². The lowest BCUT2D eigenvalue weighted by atomic mass is 9.91. The van der Waals surface area contributed by atoms with Gasteiger partial charge in [0.1, 0.15) is 10.8 Å². The number of anilines is 1. The van der Waals surface area contributed by atoms with Crippen LogP contribution in [0, 0.1) is 13.8 Å². The molecule has 43 heavy (non-hydrogen) atoms. The number of hydrogen-bond acceptors (Lipinski definition) is 7. The number of fused-ring (bicyclic) bond motifs is 2. The van der Waals surface area contributed by atoms with Crippen molar-refractivity contribution in [2.24, 2.45) is 7.05 Å². The van der Waals surface area contributed by atoms with Crippen molar-refractivity contribution in [3.05, 3.63) is 81.8 Å². The minimum absolute atomic E-state index is 0.607. The fourth-order valence-electron chi connectivity index (χ4n) is 5.86. The third-order valence-corrected chi connectivity index (χ3v) is 9.17. The Morgan fingerprint density at radius 3 is 2.56 bits per heavy atom. The molecule has 10 heteroatoms. The molecule has 0 radical (unpaired) electrons. The maximum atomic E-state index is 12.6. The highest BCUT2D eigenvalue weighted by Gasteiger charge is 2.32. The standard InChI is InChI=1S/C33H34ClN5O3S/c1-18-15-24-30(28(20-7-9-22(34)10-8-20)27(18)29(32(40)41)42-33(3,4)5)43-31(36-24)21-11-13-35-26(16-21)39-14-12-25-23(17-39)19(2)37-38(25)6/h7-11,13,15-16,29H,12,14,17H2,1-6H3,(H,40,41)/t29-/m0/s1. The number of thiazole rings is 1. The maximum absolute atomic E-state index is 12.6. The van der Waals surface area contributed by atoms with E-state index in [0.29, 0.717) is 10.6 Å². The zero-order valence-electron chi connectivity index (χ0n) is 25.1. The van der Waals surface area contributed by atoms with Crippen molar-refractivity contribution in [1.82, 2.24) is 19.7 Å². The Labute approximate surface area is 259 Å². The van der Waals surface area contributed by atoms with Gasteiger partial charge in [0, 0.05) is 65.7 Å². The Balaban J connectivity index is 1.47. The van der Waals surface area contributed by atoms with Gasteiger partial charge in [-0.1, -0.05) is 23.7 Å². The van der Waals surface area contributed by atoms with E-state index >= 15 is 0 Å². The van der Waals surface area contributed by atoms with Crippen LogP contribution in [0.25, 0.3) is 31.9 Å². The Morgan fingerprint density at radius 2 is 1.86 bits per heavy atom. The molecule has 6 rings (SSSR count). The molecular formula is C33H34ClN5O3S. The van der Waals surface area contributed by atoms with E-state index < -0.39 is 17.7 Å². The van der Waals surface area contributed by atoms with E-state index in [2.05, 4.69) is 23.0 Å². The monoisotopic (exact) mass is 615 g/mol. The summed E-state index contributed by atoms with van der Waals surface area (Å²) in [6.45, 7) is 11.2. The highest BCUT2D eigenvalue weighted by Crippen LogP contribution is 2.44. The lowest BCUT2D eigenvalue weighted by Gasteiger charge is -2.28. The summed E-state index contributed by atoms with van der Waals surface area (Å²) in [4.78, 5) is 24.7. The average Bonchev–Trinajstić information content (AvgIpc) is 3.51. The summed E-state index contributed by atoms with van der Waals surface area (Å²) >= 11 is 7.79. The number of aliphatic carboxylic acids is 1. The molecule has 0 unspecified atom stereocenters. The van der Waals surface area contributed by atoms with Crippen LogP contribution in [-0.4, -0.2) is 43.0 Å². The van der Waals surface area contributed by atoms with Gasteiger partial charge in [0.25, 0.3) is 0 Å². The van der Waals surface area contributed by atoms with Crippen LogP contribution in [-0.2, 0) is 29.5 Å². The topological polar surface area (TPSA) is 93.4 Å². The summed E-state index contributed by atoms with van der Waals surface area (Å²) in [6, 6.07) is 13.5. The van der Waals surface area contributed by atoms with E-state index in [-0.39, 0.29) is 0 Å². The van der Waals surface area contributed by atoms with Crippen LogP contribution in [0.5, 0.6) is 0 Å². The van der Waals surface area contributed by atoms with Crippen molar-refractivity contribution in [2.45, 2.75) is 59.3 Å². The Kier molecular flexibility index (Phi) is 7.52. The summed E-state index contributed by atoms with van der Waals surface area (Å²) in [7, 11) is 2.01. The minimum atomic E-state index is -1.16. The molecule has 8 nitrogen and oxygen atoms in total. The SMILES string of the molecule is Cc1cc2nc(-c3ccnc(N4CCc5c(c(C)nn5C)C4)c3)sc2c(-c2ccc(Cl)cc2)c1[C@H](OC(C)(C)C)C(=O)O. The lowest BCUT2D eigenvalue weighted by molar-refractivity contribution is -0.160. The Morgan fingerprint density at radius 1 is 1.12 bits per heavy atom. The number of ether oxygens (including phenoxy) is 1. The van der Waals surface area contributed by atoms with Crippen LogP contribution in [0.15, 0.2) is 48.7 Å². The molecule has 3 aromatic heterocycles. The number of rotatable bonds is 6. The highest BCUT2D eigenvalue weighted by molar-refractivity contribution is 7.22. The number of carboxylic acid groups (broad SMARTS) is 1. The molecular weight excluding hydrogens is 582 g/mol. The number of benzene rings is 2. The van der Waals surface area contributed by atoms with Gasteiger partial charge in [-0.2, -0.15) is 5.10 Å². The molecule has 0 aliphatic carbocycles. The highest BCUT2D eigenvalue weighted by atomic mass is 35.5. The summed E-state index contributed by atoms with van der Waals surface area (Å²) in [5, 5.41) is 16.4. The quantitative estimate of drug-likeness (QED) is 0.211. The third-order valence-electron chi connectivity index (χ3n) is 7.78. The van der Waals surface area contributed by atoms with E-state index in [4.69, 9.17) is 26.3 Å². The van der Waals surface area contributed by atoms with Crippen LogP contribution in [0.4, 0.5) is 5.82 Å². The van der Waals surface area contributed by atoms with Gasteiger partial charge < -0.3 is 14.7 Å². The van der Waals surface area contributed by atoms with Gasteiger partial charge in [-0.3, -0.25) is 4.68 Å². The van der Waals surface area contributed by atoms with Gasteiger partial charge in [-0.15, -0.1) is 11.3 Å². The molecule has 1 aliphatic rings. The van der Waals surface area contributed by atoms with E-state index in [0.717, 1.165) is 68.5 Å². The van der Waals surface area contributed by atoms with Gasteiger partial charge >= 0.3 is 5.97 Å². The first-order valence-electron chi connectivity index (χ1n) is 14.2. The Hall–Kier alpha value is -3.79. The van der Waals surface area contributed by atoms with E-state index in [1.807, 2.05) is 82.0 Å². The minimum Gasteiger partial charge on any atom is -0.479 e. The lowest BCUT2D eigenvalue weighted by Crippen LogP contribution is -2.31. The molecule has 0 bridgehead atoms. The molecule has 222 valence electrons. The van der Waals surface area contributed by atoms with Crippen LogP contribution in [0.1, 0.15) is 55.0 Å². The van der Waals surface area contributed by atoms with E-state index in [9.17, 15) is 9.90 Å². The van der Waals surface area contributed by atoms with Gasteiger partial charge in [-0.05, 0) is 76.1 Å². The average molecular weight is 616 g/mol. The van der Waals surface area contributed by atoms with Crippen molar-refractivity contribution in [1.29, 1.82) is 0 Å². The molecule has 0 amide bonds. The van der Waals surface area contributed by atoms with Crippen LogP contribution < -0.4 is 4.90 Å². The number of carbonyl (C=O) groups is 1. The zero-order valence-corrected chi connectivity index (χ0v) is 26.7. The molecule has 4 heterocycles. The summed E-state index contributed by atoms with van der Waals surface area (Å²) in [6.07, 6.45) is 1.58. The van der Waals surface area contributed by atoms with Crippen molar-refractivity contribution < 1.29 is 14.6 Å². The molecule has 0 saturated carbocycles. The number of aromatic nitrogens is 4. The predicted molar refractivity (Wildman–Crippen MR) is 172 cm³/mol. The second-order valence-corrected chi connectivity index (χ2v) is 13.4. The molecule has 1 aliphatic heterocycles.